The van der Waals surface area contributed by atoms with Crippen molar-refractivity contribution < 1.29 is 5.11 Å². The Labute approximate surface area is 95.4 Å². The van der Waals surface area contributed by atoms with Crippen LogP contribution in [0.15, 0.2) is 30.3 Å². The number of rotatable bonds is 2. The highest BCUT2D eigenvalue weighted by Crippen LogP contribution is 2.32. The smallest absolute Gasteiger partial charge is 0.0499 e. The van der Waals surface area contributed by atoms with E-state index in [9.17, 15) is 5.11 Å². The number of hydrogen-bond donors (Lipinski definition) is 1. The van der Waals surface area contributed by atoms with Crippen LogP contribution < -0.4 is 0 Å². The maximum Gasteiger partial charge on any atom is 0.0499 e. The van der Waals surface area contributed by atoms with Crippen molar-refractivity contribution in [3.63, 3.8) is 0 Å². The molecule has 0 amide bonds. The van der Waals surface area contributed by atoms with Crippen molar-refractivity contribution in [2.75, 3.05) is 6.61 Å². The van der Waals surface area contributed by atoms with E-state index in [1.165, 1.54) is 17.6 Å². The molecule has 0 radical (unpaired) electrons. The van der Waals surface area contributed by atoms with Crippen LogP contribution in [0.2, 0.25) is 5.02 Å². The molecule has 2 heteroatoms. The second kappa shape index (κ2) is 4.82. The Morgan fingerprint density at radius 2 is 2.00 bits per heavy atom. The Kier molecular flexibility index (Phi) is 3.45. The summed E-state index contributed by atoms with van der Waals surface area (Å²) >= 11 is 5.85. The van der Waals surface area contributed by atoms with Crippen molar-refractivity contribution in [1.29, 1.82) is 0 Å². The Balaban J connectivity index is 2.28. The van der Waals surface area contributed by atoms with Crippen LogP contribution >= 0.6 is 11.6 Å². The van der Waals surface area contributed by atoms with Crippen LogP contribution in [-0.4, -0.2) is 11.7 Å². The fraction of sp³-hybridized carbons (Fsp3) is 0.385. The van der Waals surface area contributed by atoms with Crippen LogP contribution in [0.5, 0.6) is 0 Å². The summed E-state index contributed by atoms with van der Waals surface area (Å²) < 4.78 is 0. The van der Waals surface area contributed by atoms with Gasteiger partial charge in [-0.15, -0.1) is 0 Å². The third kappa shape index (κ3) is 2.42. The lowest BCUT2D eigenvalue weighted by Crippen LogP contribution is -2.11. The quantitative estimate of drug-likeness (QED) is 0.812. The molecule has 0 saturated heterocycles. The summed E-state index contributed by atoms with van der Waals surface area (Å²) in [7, 11) is 0. The van der Waals surface area contributed by atoms with Gasteiger partial charge in [0, 0.05) is 17.5 Å². The van der Waals surface area contributed by atoms with Crippen LogP contribution in [0.3, 0.4) is 0 Å². The van der Waals surface area contributed by atoms with Crippen LogP contribution in [0.25, 0.3) is 5.57 Å². The van der Waals surface area contributed by atoms with E-state index in [1.807, 2.05) is 24.3 Å². The first-order valence-electron chi connectivity index (χ1n) is 5.38. The lowest BCUT2D eigenvalue weighted by Gasteiger charge is -2.22. The third-order valence-electron chi connectivity index (χ3n) is 2.96. The Hall–Kier alpha value is -0.790. The zero-order valence-corrected chi connectivity index (χ0v) is 9.37. The van der Waals surface area contributed by atoms with Crippen molar-refractivity contribution in [2.45, 2.75) is 19.3 Å². The average molecular weight is 223 g/mol. The first-order valence-corrected chi connectivity index (χ1v) is 5.76. The molecule has 0 spiro atoms. The van der Waals surface area contributed by atoms with Gasteiger partial charge in [0.15, 0.2) is 0 Å². The van der Waals surface area contributed by atoms with E-state index in [4.69, 9.17) is 11.6 Å². The first-order chi connectivity index (χ1) is 7.31. The van der Waals surface area contributed by atoms with E-state index in [0.717, 1.165) is 17.9 Å². The zero-order valence-electron chi connectivity index (χ0n) is 8.62. The Morgan fingerprint density at radius 3 is 2.67 bits per heavy atom. The number of halogens is 1. The summed E-state index contributed by atoms with van der Waals surface area (Å²) in [6, 6.07) is 7.87. The van der Waals surface area contributed by atoms with E-state index < -0.39 is 0 Å². The van der Waals surface area contributed by atoms with Gasteiger partial charge in [0.2, 0.25) is 0 Å². The molecular formula is C13H15ClO. The predicted molar refractivity (Wildman–Crippen MR) is 63.9 cm³/mol. The molecule has 1 nitrogen and oxygen atoms in total. The molecule has 0 heterocycles. The minimum atomic E-state index is 0.245. The summed E-state index contributed by atoms with van der Waals surface area (Å²) in [6.07, 6.45) is 5.63. The van der Waals surface area contributed by atoms with Crippen molar-refractivity contribution >= 4 is 17.2 Å². The van der Waals surface area contributed by atoms with E-state index in [0.29, 0.717) is 5.92 Å². The number of aliphatic hydroxyl groups excluding tert-OH is 1. The van der Waals surface area contributed by atoms with Crippen LogP contribution in [-0.2, 0) is 0 Å². The molecule has 15 heavy (non-hydrogen) atoms. The highest BCUT2D eigenvalue weighted by Gasteiger charge is 2.17. The summed E-state index contributed by atoms with van der Waals surface area (Å²) in [6.45, 7) is 0.245. The van der Waals surface area contributed by atoms with Gasteiger partial charge < -0.3 is 5.11 Å². The number of aliphatic hydroxyl groups is 1. The van der Waals surface area contributed by atoms with Gasteiger partial charge in [0.05, 0.1) is 0 Å². The zero-order chi connectivity index (χ0) is 10.7. The van der Waals surface area contributed by atoms with Gasteiger partial charge in [-0.1, -0.05) is 29.8 Å². The average Bonchev–Trinajstić information content (AvgIpc) is 2.30. The second-order valence-electron chi connectivity index (χ2n) is 3.98. The van der Waals surface area contributed by atoms with Gasteiger partial charge in [0.25, 0.3) is 0 Å². The molecule has 1 aromatic rings. The van der Waals surface area contributed by atoms with Gasteiger partial charge >= 0.3 is 0 Å². The molecule has 0 fully saturated rings. The minimum absolute atomic E-state index is 0.245. The number of hydrogen-bond acceptors (Lipinski definition) is 1. The van der Waals surface area contributed by atoms with Crippen molar-refractivity contribution in [3.8, 4) is 0 Å². The fourth-order valence-corrected chi connectivity index (χ4v) is 2.26. The van der Waals surface area contributed by atoms with Crippen molar-refractivity contribution in [2.24, 2.45) is 5.92 Å². The Morgan fingerprint density at radius 1 is 1.27 bits per heavy atom. The first kappa shape index (κ1) is 10.7. The summed E-state index contributed by atoms with van der Waals surface area (Å²) in [5.41, 5.74) is 2.47. The molecule has 0 aromatic heterocycles. The second-order valence-corrected chi connectivity index (χ2v) is 4.41. The van der Waals surface area contributed by atoms with Gasteiger partial charge in [-0.05, 0) is 42.5 Å². The Bertz CT molecular complexity index is 353. The molecule has 0 aliphatic heterocycles. The van der Waals surface area contributed by atoms with Gasteiger partial charge in [-0.25, -0.2) is 0 Å². The van der Waals surface area contributed by atoms with Gasteiger partial charge in [0.1, 0.15) is 0 Å². The molecule has 1 aromatic carbocycles. The van der Waals surface area contributed by atoms with Gasteiger partial charge in [-0.2, -0.15) is 0 Å². The van der Waals surface area contributed by atoms with E-state index >= 15 is 0 Å². The van der Waals surface area contributed by atoms with Crippen LogP contribution in [0.4, 0.5) is 0 Å². The number of allylic oxidation sites excluding steroid dienone is 1. The largest absolute Gasteiger partial charge is 0.396 e. The van der Waals surface area contributed by atoms with E-state index in [2.05, 4.69) is 6.08 Å². The van der Waals surface area contributed by atoms with E-state index in [-0.39, 0.29) is 6.61 Å². The highest BCUT2D eigenvalue weighted by atomic mass is 35.5. The van der Waals surface area contributed by atoms with Crippen molar-refractivity contribution in [3.05, 3.63) is 40.9 Å². The molecule has 1 atom stereocenters. The molecular weight excluding hydrogens is 208 g/mol. The monoisotopic (exact) mass is 222 g/mol. The van der Waals surface area contributed by atoms with Gasteiger partial charge in [-0.3, -0.25) is 0 Å². The van der Waals surface area contributed by atoms with Crippen LogP contribution in [0, 0.1) is 5.92 Å². The standard InChI is InChI=1S/C13H15ClO/c14-12-7-5-10(6-8-12)13-4-2-1-3-11(13)9-15/h4-8,11,15H,1-3,9H2. The molecule has 2 rings (SSSR count). The highest BCUT2D eigenvalue weighted by molar-refractivity contribution is 6.30. The normalized spacial score (nSPS) is 21.2. The molecule has 1 aliphatic carbocycles. The fourth-order valence-electron chi connectivity index (χ4n) is 2.13. The predicted octanol–water partition coefficient (Wildman–Crippen LogP) is 3.52. The van der Waals surface area contributed by atoms with Crippen LogP contribution in [0.1, 0.15) is 24.8 Å². The third-order valence-corrected chi connectivity index (χ3v) is 3.21. The van der Waals surface area contributed by atoms with E-state index in [1.54, 1.807) is 0 Å². The topological polar surface area (TPSA) is 20.2 Å². The maximum atomic E-state index is 9.31. The summed E-state index contributed by atoms with van der Waals surface area (Å²) in [4.78, 5) is 0. The number of benzene rings is 1. The maximum absolute atomic E-state index is 9.31. The molecule has 80 valence electrons. The molecule has 1 N–H and O–H groups in total. The lowest BCUT2D eigenvalue weighted by atomic mass is 9.84. The molecule has 1 unspecified atom stereocenters. The lowest BCUT2D eigenvalue weighted by molar-refractivity contribution is 0.246. The molecule has 1 aliphatic rings. The molecule has 0 saturated carbocycles. The summed E-state index contributed by atoms with van der Waals surface area (Å²) in [5, 5.41) is 10.1. The summed E-state index contributed by atoms with van der Waals surface area (Å²) in [5.74, 6) is 0.305. The van der Waals surface area contributed by atoms with Crippen molar-refractivity contribution in [1.82, 2.24) is 0 Å². The molecule has 0 bridgehead atoms. The SMILES string of the molecule is OCC1CCCC=C1c1ccc(Cl)cc1. The minimum Gasteiger partial charge on any atom is -0.396 e.